The normalized spacial score (nSPS) is 24.9. The van der Waals surface area contributed by atoms with Gasteiger partial charge < -0.3 is 23.7 Å². The third kappa shape index (κ3) is 6.13. The van der Waals surface area contributed by atoms with E-state index in [-0.39, 0.29) is 23.9 Å². The van der Waals surface area contributed by atoms with Crippen molar-refractivity contribution in [2.24, 2.45) is 0 Å². The highest BCUT2D eigenvalue weighted by Crippen LogP contribution is 2.27. The first-order chi connectivity index (χ1) is 13.5. The molecule has 2 saturated heterocycles. The third-order valence-electron chi connectivity index (χ3n) is 5.06. The Hall–Kier alpha value is -1.73. The molecule has 1 aromatic carbocycles. The molecule has 0 aliphatic carbocycles. The second-order valence-corrected chi connectivity index (χ2v) is 9.71. The van der Waals surface area contributed by atoms with E-state index in [0.29, 0.717) is 13.1 Å². The summed E-state index contributed by atoms with van der Waals surface area (Å²) in [6, 6.07) is 7.85. The Morgan fingerprint density at radius 2 is 2.00 bits per heavy atom. The fourth-order valence-corrected chi connectivity index (χ4v) is 3.94. The van der Waals surface area contributed by atoms with Gasteiger partial charge in [-0.15, -0.1) is 0 Å². The number of carbonyl (C=O) groups excluding carboxylic acids is 1. The predicted octanol–water partition coefficient (Wildman–Crippen LogP) is 3.76. The average Bonchev–Trinajstić information content (AvgIpc) is 2.59. The topological polar surface area (TPSA) is 57.2 Å². The molecule has 2 atom stereocenters. The van der Waals surface area contributed by atoms with E-state index < -0.39 is 12.7 Å². The van der Waals surface area contributed by atoms with E-state index in [1.807, 2.05) is 45.0 Å². The van der Waals surface area contributed by atoms with Gasteiger partial charge in [-0.3, -0.25) is 0 Å². The first-order valence-electron chi connectivity index (χ1n) is 10.6. The first kappa shape index (κ1) is 22.0. The van der Waals surface area contributed by atoms with Gasteiger partial charge in [0.1, 0.15) is 17.5 Å². The molecule has 0 saturated carbocycles. The van der Waals surface area contributed by atoms with Crippen molar-refractivity contribution in [3.63, 3.8) is 0 Å². The van der Waals surface area contributed by atoms with Crippen LogP contribution in [0.4, 0.5) is 4.79 Å². The largest absolute Gasteiger partial charge is 0.498 e. The van der Waals surface area contributed by atoms with Crippen LogP contribution >= 0.6 is 0 Å². The Bertz CT molecular complexity index is 717. The second-order valence-electron chi connectivity index (χ2n) is 9.71. The molecule has 2 fully saturated rings. The lowest BCUT2D eigenvalue weighted by atomic mass is 9.74. The summed E-state index contributed by atoms with van der Waals surface area (Å²) >= 11 is 0. The molecule has 160 valence electrons. The van der Waals surface area contributed by atoms with E-state index in [1.165, 1.54) is 0 Å². The summed E-state index contributed by atoms with van der Waals surface area (Å²) in [6.45, 7) is 13.1. The van der Waals surface area contributed by atoms with Crippen molar-refractivity contribution < 1.29 is 23.6 Å². The SMILES string of the molecule is CC1CC(C)(C)OB(c2ccccc2OC2CCCN(C(=O)OC(C)(C)C)C2)O1. The number of hydrogen-bond donors (Lipinski definition) is 0. The van der Waals surface area contributed by atoms with Gasteiger partial charge in [0.05, 0.1) is 12.1 Å². The molecule has 2 aliphatic rings. The Morgan fingerprint density at radius 3 is 2.69 bits per heavy atom. The van der Waals surface area contributed by atoms with Crippen molar-refractivity contribution >= 4 is 18.7 Å². The number of ether oxygens (including phenoxy) is 2. The van der Waals surface area contributed by atoms with Crippen LogP contribution in [0, 0.1) is 0 Å². The highest BCUT2D eigenvalue weighted by Gasteiger charge is 2.40. The van der Waals surface area contributed by atoms with E-state index in [2.05, 4.69) is 20.8 Å². The zero-order valence-electron chi connectivity index (χ0n) is 18.6. The fourth-order valence-electron chi connectivity index (χ4n) is 3.94. The van der Waals surface area contributed by atoms with Gasteiger partial charge in [0.15, 0.2) is 0 Å². The minimum atomic E-state index is -0.503. The van der Waals surface area contributed by atoms with Gasteiger partial charge in [0, 0.05) is 18.1 Å². The van der Waals surface area contributed by atoms with Crippen LogP contribution in [0.1, 0.15) is 60.8 Å². The Labute approximate surface area is 175 Å². The van der Waals surface area contributed by atoms with Crippen LogP contribution in [0.5, 0.6) is 5.75 Å². The van der Waals surface area contributed by atoms with Gasteiger partial charge in [-0.05, 0) is 66.9 Å². The van der Waals surface area contributed by atoms with Gasteiger partial charge in [0.25, 0.3) is 0 Å². The van der Waals surface area contributed by atoms with Crippen LogP contribution in [0.25, 0.3) is 0 Å². The lowest BCUT2D eigenvalue weighted by Gasteiger charge is -2.39. The van der Waals surface area contributed by atoms with E-state index in [9.17, 15) is 4.79 Å². The molecule has 1 amide bonds. The summed E-state index contributed by atoms with van der Waals surface area (Å²) < 4.78 is 24.1. The quantitative estimate of drug-likeness (QED) is 0.720. The molecule has 3 rings (SSSR count). The number of piperidine rings is 1. The lowest BCUT2D eigenvalue weighted by molar-refractivity contribution is -0.0234. The Morgan fingerprint density at radius 1 is 1.28 bits per heavy atom. The minimum absolute atomic E-state index is 0.0913. The van der Waals surface area contributed by atoms with Crippen molar-refractivity contribution in [1.82, 2.24) is 4.90 Å². The number of carbonyl (C=O) groups is 1. The standard InChI is InChI=1S/C22H34BNO5/c1-16-14-22(5,6)29-23(28-16)18-11-7-8-12-19(18)26-17-10-9-13-24(15-17)20(25)27-21(2,3)4/h7-8,11-12,16-17H,9-10,13-15H2,1-6H3. The van der Waals surface area contributed by atoms with Crippen LogP contribution in [0.3, 0.4) is 0 Å². The molecule has 2 unspecified atom stereocenters. The third-order valence-corrected chi connectivity index (χ3v) is 5.06. The maximum Gasteiger partial charge on any atom is 0.498 e. The summed E-state index contributed by atoms with van der Waals surface area (Å²) in [7, 11) is -0.463. The van der Waals surface area contributed by atoms with Gasteiger partial charge in [0.2, 0.25) is 0 Å². The zero-order chi connectivity index (χ0) is 21.2. The minimum Gasteiger partial charge on any atom is -0.489 e. The highest BCUT2D eigenvalue weighted by molar-refractivity contribution is 6.62. The van der Waals surface area contributed by atoms with Crippen LogP contribution in [-0.4, -0.2) is 54.6 Å². The molecular weight excluding hydrogens is 369 g/mol. The number of amides is 1. The number of likely N-dealkylation sites (tertiary alicyclic amines) is 1. The number of para-hydroxylation sites is 1. The summed E-state index contributed by atoms with van der Waals surface area (Å²) in [5.74, 6) is 0.749. The van der Waals surface area contributed by atoms with Crippen molar-refractivity contribution in [3.05, 3.63) is 24.3 Å². The summed E-state index contributed by atoms with van der Waals surface area (Å²) in [4.78, 5) is 14.2. The van der Waals surface area contributed by atoms with Crippen LogP contribution in [0.2, 0.25) is 0 Å². The molecule has 0 spiro atoms. The Balaban J connectivity index is 1.70. The second kappa shape index (κ2) is 8.56. The van der Waals surface area contributed by atoms with E-state index in [0.717, 1.165) is 30.5 Å². The van der Waals surface area contributed by atoms with Crippen LogP contribution < -0.4 is 10.2 Å². The Kier molecular flexibility index (Phi) is 6.49. The maximum atomic E-state index is 12.4. The average molecular weight is 403 g/mol. The van der Waals surface area contributed by atoms with Crippen LogP contribution in [-0.2, 0) is 14.0 Å². The first-order valence-corrected chi connectivity index (χ1v) is 10.6. The van der Waals surface area contributed by atoms with Crippen molar-refractivity contribution in [3.8, 4) is 5.75 Å². The van der Waals surface area contributed by atoms with Crippen molar-refractivity contribution in [2.45, 2.75) is 84.2 Å². The van der Waals surface area contributed by atoms with E-state index in [4.69, 9.17) is 18.8 Å². The molecular formula is C22H34BNO5. The van der Waals surface area contributed by atoms with Gasteiger partial charge in [-0.25, -0.2) is 4.79 Å². The van der Waals surface area contributed by atoms with E-state index >= 15 is 0 Å². The molecule has 0 aromatic heterocycles. The van der Waals surface area contributed by atoms with Crippen LogP contribution in [0.15, 0.2) is 24.3 Å². The molecule has 2 aliphatic heterocycles. The summed E-state index contributed by atoms with van der Waals surface area (Å²) in [5, 5.41) is 0. The highest BCUT2D eigenvalue weighted by atomic mass is 16.6. The van der Waals surface area contributed by atoms with Gasteiger partial charge in [-0.1, -0.05) is 18.2 Å². The van der Waals surface area contributed by atoms with Crippen molar-refractivity contribution in [2.75, 3.05) is 13.1 Å². The fraction of sp³-hybridized carbons (Fsp3) is 0.682. The predicted molar refractivity (Wildman–Crippen MR) is 114 cm³/mol. The summed E-state index contributed by atoms with van der Waals surface area (Å²) in [5.41, 5.74) is 0.131. The smallest absolute Gasteiger partial charge is 0.489 e. The maximum absolute atomic E-state index is 12.4. The zero-order valence-corrected chi connectivity index (χ0v) is 18.6. The summed E-state index contributed by atoms with van der Waals surface area (Å²) in [6.07, 6.45) is 2.35. The molecule has 29 heavy (non-hydrogen) atoms. The molecule has 0 bridgehead atoms. The molecule has 1 aromatic rings. The number of benzene rings is 1. The van der Waals surface area contributed by atoms with Gasteiger partial charge in [-0.2, -0.15) is 0 Å². The molecule has 0 radical (unpaired) electrons. The number of nitrogens with zero attached hydrogens (tertiary/aromatic N) is 1. The van der Waals surface area contributed by atoms with E-state index in [1.54, 1.807) is 4.90 Å². The molecule has 6 nitrogen and oxygen atoms in total. The molecule has 2 heterocycles. The van der Waals surface area contributed by atoms with Crippen molar-refractivity contribution in [1.29, 1.82) is 0 Å². The number of rotatable bonds is 3. The monoisotopic (exact) mass is 403 g/mol. The van der Waals surface area contributed by atoms with Gasteiger partial charge >= 0.3 is 13.2 Å². The lowest BCUT2D eigenvalue weighted by Crippen LogP contribution is -2.52. The molecule has 7 heteroatoms. The number of hydrogen-bond acceptors (Lipinski definition) is 5. The molecule has 0 N–H and O–H groups in total.